The molecule has 0 bridgehead atoms. The fourth-order valence-electron chi connectivity index (χ4n) is 3.31. The smallest absolute Gasteiger partial charge is 0.310 e. The molecule has 0 saturated carbocycles. The summed E-state index contributed by atoms with van der Waals surface area (Å²) >= 11 is 5.70. The Morgan fingerprint density at radius 1 is 1.39 bits per heavy atom. The molecule has 2 atom stereocenters. The predicted octanol–water partition coefficient (Wildman–Crippen LogP) is 3.59. The number of nitrogens with zero attached hydrogens (tertiary/aromatic N) is 1. The van der Waals surface area contributed by atoms with Crippen molar-refractivity contribution in [3.63, 3.8) is 0 Å². The number of ether oxygens (including phenoxy) is 1. The Morgan fingerprint density at radius 3 is 2.78 bits per heavy atom. The van der Waals surface area contributed by atoms with Crippen LogP contribution in [0.3, 0.4) is 0 Å². The van der Waals surface area contributed by atoms with Gasteiger partial charge in [-0.1, -0.05) is 42.0 Å². The van der Waals surface area contributed by atoms with Crippen LogP contribution < -0.4 is 0 Å². The molecule has 1 fully saturated rings. The number of likely N-dealkylation sites (tertiary alicyclic amines) is 1. The highest BCUT2D eigenvalue weighted by Gasteiger charge is 2.36. The second-order valence-corrected chi connectivity index (χ2v) is 6.46. The van der Waals surface area contributed by atoms with Gasteiger partial charge in [-0.3, -0.25) is 9.69 Å². The Labute approximate surface area is 144 Å². The van der Waals surface area contributed by atoms with Crippen molar-refractivity contribution in [1.29, 1.82) is 0 Å². The van der Waals surface area contributed by atoms with Crippen molar-refractivity contribution in [2.24, 2.45) is 5.92 Å². The largest absolute Gasteiger partial charge is 0.469 e. The van der Waals surface area contributed by atoms with E-state index in [0.717, 1.165) is 32.4 Å². The molecule has 0 N–H and O–H groups in total. The molecule has 1 heterocycles. The quantitative estimate of drug-likeness (QED) is 0.433. The minimum Gasteiger partial charge on any atom is -0.469 e. The van der Waals surface area contributed by atoms with Gasteiger partial charge < -0.3 is 4.74 Å². The van der Waals surface area contributed by atoms with E-state index in [0.29, 0.717) is 5.88 Å². The standard InChI is InChI=1S/C19H26ClNO2/c1-15-7-9-16(10-8-15)14-17(19(22)23-2)18-6-5-13-21(18)12-4-3-11-20/h3-4,7-10,17-18H,5-6,11-14H2,1-2H3/b4-3+. The Morgan fingerprint density at radius 2 is 2.13 bits per heavy atom. The lowest BCUT2D eigenvalue weighted by atomic mass is 9.90. The highest BCUT2D eigenvalue weighted by Crippen LogP contribution is 2.27. The number of methoxy groups -OCH3 is 1. The number of benzene rings is 1. The first-order chi connectivity index (χ1) is 11.2. The summed E-state index contributed by atoms with van der Waals surface area (Å²) in [6, 6.07) is 8.65. The molecule has 2 unspecified atom stereocenters. The van der Waals surface area contributed by atoms with E-state index in [1.165, 1.54) is 18.2 Å². The van der Waals surface area contributed by atoms with Gasteiger partial charge in [0.25, 0.3) is 0 Å². The number of halogens is 1. The summed E-state index contributed by atoms with van der Waals surface area (Å²) in [5.74, 6) is 0.306. The van der Waals surface area contributed by atoms with Gasteiger partial charge in [-0.25, -0.2) is 0 Å². The Bertz CT molecular complexity index is 527. The molecule has 0 aromatic heterocycles. The predicted molar refractivity (Wildman–Crippen MR) is 94.8 cm³/mol. The van der Waals surface area contributed by atoms with Crippen molar-refractivity contribution < 1.29 is 9.53 Å². The third-order valence-electron chi connectivity index (χ3n) is 4.55. The van der Waals surface area contributed by atoms with Gasteiger partial charge in [-0.15, -0.1) is 11.6 Å². The third-order valence-corrected chi connectivity index (χ3v) is 4.73. The second kappa shape index (κ2) is 9.09. The molecule has 1 aliphatic heterocycles. The molecule has 0 spiro atoms. The lowest BCUT2D eigenvalue weighted by Crippen LogP contribution is -2.41. The van der Waals surface area contributed by atoms with E-state index >= 15 is 0 Å². The van der Waals surface area contributed by atoms with Crippen LogP contribution in [0.2, 0.25) is 0 Å². The molecule has 0 aliphatic carbocycles. The number of aryl methyl sites for hydroxylation is 1. The summed E-state index contributed by atoms with van der Waals surface area (Å²) in [5, 5.41) is 0. The minimum absolute atomic E-state index is 0.108. The van der Waals surface area contributed by atoms with Crippen molar-refractivity contribution in [3.05, 3.63) is 47.5 Å². The third kappa shape index (κ3) is 5.08. The molecule has 3 nitrogen and oxygen atoms in total. The topological polar surface area (TPSA) is 29.5 Å². The zero-order valence-electron chi connectivity index (χ0n) is 14.0. The minimum atomic E-state index is -0.116. The van der Waals surface area contributed by atoms with Crippen LogP contribution in [-0.4, -0.2) is 43.0 Å². The van der Waals surface area contributed by atoms with Crippen LogP contribution >= 0.6 is 11.6 Å². The van der Waals surface area contributed by atoms with Gasteiger partial charge in [0.15, 0.2) is 0 Å². The summed E-state index contributed by atoms with van der Waals surface area (Å²) in [6.07, 6.45) is 6.95. The van der Waals surface area contributed by atoms with Gasteiger partial charge in [-0.2, -0.15) is 0 Å². The van der Waals surface area contributed by atoms with Crippen LogP contribution in [0.15, 0.2) is 36.4 Å². The van der Waals surface area contributed by atoms with Gasteiger partial charge in [0, 0.05) is 18.5 Å². The zero-order chi connectivity index (χ0) is 16.7. The Hall–Kier alpha value is -1.32. The molecule has 23 heavy (non-hydrogen) atoms. The van der Waals surface area contributed by atoms with Crippen molar-refractivity contribution in [3.8, 4) is 0 Å². The maximum atomic E-state index is 12.4. The number of hydrogen-bond donors (Lipinski definition) is 0. The molecule has 4 heteroatoms. The maximum Gasteiger partial charge on any atom is 0.310 e. The Balaban J connectivity index is 2.11. The van der Waals surface area contributed by atoms with E-state index in [9.17, 15) is 4.79 Å². The van der Waals surface area contributed by atoms with Crippen molar-refractivity contribution >= 4 is 17.6 Å². The number of esters is 1. The van der Waals surface area contributed by atoms with Crippen LogP contribution in [0.4, 0.5) is 0 Å². The SMILES string of the molecule is COC(=O)C(Cc1ccc(C)cc1)C1CCCN1C/C=C/CCl. The zero-order valence-corrected chi connectivity index (χ0v) is 14.8. The Kier molecular flexibility index (Phi) is 7.13. The lowest BCUT2D eigenvalue weighted by molar-refractivity contribution is -0.147. The number of rotatable bonds is 7. The van der Waals surface area contributed by atoms with Crippen LogP contribution in [0.25, 0.3) is 0 Å². The summed E-state index contributed by atoms with van der Waals surface area (Å²) in [5.41, 5.74) is 2.42. The van der Waals surface area contributed by atoms with E-state index in [1.54, 1.807) is 0 Å². The molecule has 1 aromatic carbocycles. The van der Waals surface area contributed by atoms with E-state index in [4.69, 9.17) is 16.3 Å². The summed E-state index contributed by atoms with van der Waals surface area (Å²) in [7, 11) is 1.48. The van der Waals surface area contributed by atoms with Crippen molar-refractivity contribution in [2.75, 3.05) is 26.1 Å². The van der Waals surface area contributed by atoms with Crippen LogP contribution in [0.1, 0.15) is 24.0 Å². The van der Waals surface area contributed by atoms with Crippen LogP contribution in [-0.2, 0) is 16.0 Å². The lowest BCUT2D eigenvalue weighted by Gasteiger charge is -2.29. The van der Waals surface area contributed by atoms with Gasteiger partial charge in [0.05, 0.1) is 13.0 Å². The summed E-state index contributed by atoms with van der Waals surface area (Å²) < 4.78 is 5.09. The average molecular weight is 336 g/mol. The number of alkyl halides is 1. The molecule has 126 valence electrons. The molecule has 1 saturated heterocycles. The van der Waals surface area contributed by atoms with Gasteiger partial charge in [0.1, 0.15) is 0 Å². The van der Waals surface area contributed by atoms with E-state index in [-0.39, 0.29) is 17.9 Å². The number of hydrogen-bond acceptors (Lipinski definition) is 3. The fourth-order valence-corrected chi connectivity index (χ4v) is 3.44. The molecule has 1 aromatic rings. The molecule has 0 radical (unpaired) electrons. The first kappa shape index (κ1) is 18.0. The van der Waals surface area contributed by atoms with Gasteiger partial charge in [-0.05, 0) is 38.3 Å². The van der Waals surface area contributed by atoms with Crippen molar-refractivity contribution in [1.82, 2.24) is 4.90 Å². The fraction of sp³-hybridized carbons (Fsp3) is 0.526. The average Bonchev–Trinajstić information content (AvgIpc) is 3.02. The summed E-state index contributed by atoms with van der Waals surface area (Å²) in [4.78, 5) is 14.7. The first-order valence-corrected chi connectivity index (χ1v) is 8.77. The normalized spacial score (nSPS) is 20.0. The van der Waals surface area contributed by atoms with E-state index in [1.807, 2.05) is 6.08 Å². The van der Waals surface area contributed by atoms with E-state index < -0.39 is 0 Å². The summed E-state index contributed by atoms with van der Waals surface area (Å²) in [6.45, 7) is 3.95. The van der Waals surface area contributed by atoms with Crippen LogP contribution in [0.5, 0.6) is 0 Å². The molecule has 0 amide bonds. The second-order valence-electron chi connectivity index (χ2n) is 6.15. The first-order valence-electron chi connectivity index (χ1n) is 8.24. The number of carbonyl (C=O) groups is 1. The van der Waals surface area contributed by atoms with Crippen LogP contribution in [0, 0.1) is 12.8 Å². The van der Waals surface area contributed by atoms with Gasteiger partial charge in [0.2, 0.25) is 0 Å². The highest BCUT2D eigenvalue weighted by molar-refractivity contribution is 6.18. The number of carbonyl (C=O) groups excluding carboxylic acids is 1. The molecular formula is C19H26ClNO2. The molecule has 2 rings (SSSR count). The maximum absolute atomic E-state index is 12.4. The highest BCUT2D eigenvalue weighted by atomic mass is 35.5. The molecule has 1 aliphatic rings. The number of allylic oxidation sites excluding steroid dienone is 1. The monoisotopic (exact) mass is 335 g/mol. The molecular weight excluding hydrogens is 310 g/mol. The van der Waals surface area contributed by atoms with Crippen molar-refractivity contribution in [2.45, 2.75) is 32.2 Å². The van der Waals surface area contributed by atoms with Gasteiger partial charge >= 0.3 is 5.97 Å². The van der Waals surface area contributed by atoms with E-state index in [2.05, 4.69) is 42.2 Å².